The average molecular weight is 292 g/mol. The Morgan fingerprint density at radius 3 is 2.65 bits per heavy atom. The molecule has 0 amide bonds. The van der Waals surface area contributed by atoms with Gasteiger partial charge in [-0.2, -0.15) is 0 Å². The van der Waals surface area contributed by atoms with Crippen molar-refractivity contribution in [3.8, 4) is 10.6 Å². The van der Waals surface area contributed by atoms with Crippen LogP contribution in [0.5, 0.6) is 0 Å². The first-order valence-corrected chi connectivity index (χ1v) is 7.66. The van der Waals surface area contributed by atoms with Crippen molar-refractivity contribution in [2.24, 2.45) is 0 Å². The fraction of sp³-hybridized carbons (Fsp3) is 0.500. The highest BCUT2D eigenvalue weighted by molar-refractivity contribution is 7.18. The van der Waals surface area contributed by atoms with E-state index in [0.717, 1.165) is 17.2 Å². The van der Waals surface area contributed by atoms with Gasteiger partial charge in [0, 0.05) is 11.7 Å². The fourth-order valence-corrected chi connectivity index (χ4v) is 2.57. The molecule has 0 bridgehead atoms. The van der Waals surface area contributed by atoms with Crippen LogP contribution in [-0.2, 0) is 0 Å². The van der Waals surface area contributed by atoms with Crippen molar-refractivity contribution in [2.45, 2.75) is 46.1 Å². The van der Waals surface area contributed by atoms with E-state index in [1.807, 2.05) is 26.0 Å². The highest BCUT2D eigenvalue weighted by Gasteiger charge is 2.12. The molecule has 0 aliphatic carbocycles. The smallest absolute Gasteiger partial charge is 0.258 e. The Hall–Kier alpha value is -1.69. The molecular formula is C14H20N4OS. The molecule has 2 rings (SSSR count). The van der Waals surface area contributed by atoms with Crippen molar-refractivity contribution in [1.29, 1.82) is 0 Å². The lowest BCUT2D eigenvalue weighted by atomic mass is 10.1. The summed E-state index contributed by atoms with van der Waals surface area (Å²) in [6, 6.07) is 4.10. The van der Waals surface area contributed by atoms with Gasteiger partial charge in [0.2, 0.25) is 5.13 Å². The summed E-state index contributed by atoms with van der Waals surface area (Å²) in [5.41, 5.74) is 1.40. The van der Waals surface area contributed by atoms with Crippen LogP contribution in [0.4, 0.5) is 5.13 Å². The second-order valence-electron chi connectivity index (χ2n) is 5.18. The molecule has 1 unspecified atom stereocenters. The maximum absolute atomic E-state index is 12.1. The minimum absolute atomic E-state index is 0.109. The average Bonchev–Trinajstić information content (AvgIpc) is 2.86. The Bertz CT molecular complexity index is 632. The van der Waals surface area contributed by atoms with Crippen LogP contribution in [-0.4, -0.2) is 21.2 Å². The van der Waals surface area contributed by atoms with Crippen LogP contribution >= 0.6 is 11.3 Å². The third-order valence-corrected chi connectivity index (χ3v) is 4.08. The predicted octanol–water partition coefficient (Wildman–Crippen LogP) is 3.23. The SMILES string of the molecule is CCC(C)Nc1nnc(-c2ccc(C(C)C)[nH]c2=O)s1. The summed E-state index contributed by atoms with van der Waals surface area (Å²) in [6.07, 6.45) is 1.01. The van der Waals surface area contributed by atoms with Gasteiger partial charge in [0.15, 0.2) is 5.01 Å². The molecule has 0 fully saturated rings. The number of H-pyrrole nitrogens is 1. The van der Waals surface area contributed by atoms with Gasteiger partial charge in [-0.1, -0.05) is 32.1 Å². The molecule has 2 aromatic heterocycles. The van der Waals surface area contributed by atoms with Gasteiger partial charge in [0.05, 0.1) is 5.56 Å². The molecule has 5 nitrogen and oxygen atoms in total. The number of pyridine rings is 1. The second-order valence-corrected chi connectivity index (χ2v) is 6.15. The highest BCUT2D eigenvalue weighted by atomic mass is 32.1. The quantitative estimate of drug-likeness (QED) is 0.887. The van der Waals surface area contributed by atoms with Crippen molar-refractivity contribution in [3.05, 3.63) is 28.2 Å². The molecule has 0 saturated heterocycles. The largest absolute Gasteiger partial charge is 0.358 e. The van der Waals surface area contributed by atoms with Crippen LogP contribution < -0.4 is 10.9 Å². The van der Waals surface area contributed by atoms with Crippen LogP contribution in [0.2, 0.25) is 0 Å². The molecule has 20 heavy (non-hydrogen) atoms. The standard InChI is InChI=1S/C14H20N4OS/c1-5-9(4)15-14-18-17-13(20-14)10-6-7-11(8(2)3)16-12(10)19/h6-9H,5H2,1-4H3,(H,15,18)(H,16,19). The molecule has 0 aliphatic heterocycles. The monoisotopic (exact) mass is 292 g/mol. The van der Waals surface area contributed by atoms with Gasteiger partial charge in [-0.3, -0.25) is 4.79 Å². The van der Waals surface area contributed by atoms with Crippen LogP contribution in [0.1, 0.15) is 45.7 Å². The normalized spacial score (nSPS) is 12.7. The third-order valence-electron chi connectivity index (χ3n) is 3.19. The van der Waals surface area contributed by atoms with E-state index in [1.165, 1.54) is 11.3 Å². The Kier molecular flexibility index (Phi) is 4.54. The first kappa shape index (κ1) is 14.7. The van der Waals surface area contributed by atoms with Gasteiger partial charge in [-0.15, -0.1) is 10.2 Å². The van der Waals surface area contributed by atoms with Gasteiger partial charge in [-0.25, -0.2) is 0 Å². The number of rotatable bonds is 5. The first-order chi connectivity index (χ1) is 9.51. The summed E-state index contributed by atoms with van der Waals surface area (Å²) in [6.45, 7) is 8.29. The molecule has 6 heteroatoms. The van der Waals surface area contributed by atoms with Gasteiger partial charge in [0.25, 0.3) is 5.56 Å². The number of anilines is 1. The minimum Gasteiger partial charge on any atom is -0.358 e. The second kappa shape index (κ2) is 6.17. The van der Waals surface area contributed by atoms with E-state index < -0.39 is 0 Å². The van der Waals surface area contributed by atoms with Gasteiger partial charge >= 0.3 is 0 Å². The molecular weight excluding hydrogens is 272 g/mol. The van der Waals surface area contributed by atoms with E-state index in [9.17, 15) is 4.79 Å². The van der Waals surface area contributed by atoms with Crippen LogP contribution in [0.3, 0.4) is 0 Å². The summed E-state index contributed by atoms with van der Waals surface area (Å²) < 4.78 is 0. The summed E-state index contributed by atoms with van der Waals surface area (Å²) in [4.78, 5) is 15.0. The van der Waals surface area contributed by atoms with Crippen molar-refractivity contribution in [3.63, 3.8) is 0 Å². The van der Waals surface area contributed by atoms with E-state index in [4.69, 9.17) is 0 Å². The summed E-state index contributed by atoms with van der Waals surface area (Å²) in [7, 11) is 0. The number of nitrogens with one attached hydrogen (secondary N) is 2. The molecule has 108 valence electrons. The summed E-state index contributed by atoms with van der Waals surface area (Å²) in [5, 5.41) is 12.8. The lowest BCUT2D eigenvalue weighted by molar-refractivity contribution is 0.760. The zero-order valence-corrected chi connectivity index (χ0v) is 13.0. The van der Waals surface area contributed by atoms with Crippen molar-refractivity contribution < 1.29 is 0 Å². The number of aromatic nitrogens is 3. The lowest BCUT2D eigenvalue weighted by Crippen LogP contribution is -2.12. The zero-order chi connectivity index (χ0) is 14.7. The molecule has 0 saturated carbocycles. The van der Waals surface area contributed by atoms with Gasteiger partial charge in [0.1, 0.15) is 0 Å². The van der Waals surface area contributed by atoms with E-state index in [-0.39, 0.29) is 5.56 Å². The Morgan fingerprint density at radius 2 is 2.05 bits per heavy atom. The Morgan fingerprint density at radius 1 is 1.30 bits per heavy atom. The van der Waals surface area contributed by atoms with Crippen molar-refractivity contribution in [1.82, 2.24) is 15.2 Å². The van der Waals surface area contributed by atoms with E-state index >= 15 is 0 Å². The number of hydrogen-bond donors (Lipinski definition) is 2. The molecule has 0 aliphatic rings. The highest BCUT2D eigenvalue weighted by Crippen LogP contribution is 2.25. The topological polar surface area (TPSA) is 70.7 Å². The van der Waals surface area contributed by atoms with E-state index in [2.05, 4.69) is 34.3 Å². The third kappa shape index (κ3) is 3.25. The summed E-state index contributed by atoms with van der Waals surface area (Å²) >= 11 is 1.40. The van der Waals surface area contributed by atoms with Crippen LogP contribution in [0.25, 0.3) is 10.6 Å². The van der Waals surface area contributed by atoms with E-state index in [1.54, 1.807) is 0 Å². The Labute approximate surface area is 122 Å². The lowest BCUT2D eigenvalue weighted by Gasteiger charge is -2.07. The fourth-order valence-electron chi connectivity index (χ4n) is 1.70. The minimum atomic E-state index is -0.109. The molecule has 0 aromatic carbocycles. The Balaban J connectivity index is 2.26. The number of nitrogens with zero attached hydrogens (tertiary/aromatic N) is 2. The molecule has 0 spiro atoms. The molecule has 2 aromatic rings. The first-order valence-electron chi connectivity index (χ1n) is 6.85. The van der Waals surface area contributed by atoms with Crippen molar-refractivity contribution in [2.75, 3.05) is 5.32 Å². The van der Waals surface area contributed by atoms with Gasteiger partial charge in [-0.05, 0) is 31.4 Å². The predicted molar refractivity (Wildman–Crippen MR) is 83.4 cm³/mol. The molecule has 2 heterocycles. The molecule has 1 atom stereocenters. The molecule has 0 radical (unpaired) electrons. The number of aromatic amines is 1. The maximum atomic E-state index is 12.1. The van der Waals surface area contributed by atoms with Crippen LogP contribution in [0, 0.1) is 0 Å². The van der Waals surface area contributed by atoms with Crippen molar-refractivity contribution >= 4 is 16.5 Å². The number of hydrogen-bond acceptors (Lipinski definition) is 5. The van der Waals surface area contributed by atoms with E-state index in [0.29, 0.717) is 22.5 Å². The van der Waals surface area contributed by atoms with Gasteiger partial charge < -0.3 is 10.3 Å². The zero-order valence-electron chi connectivity index (χ0n) is 12.2. The van der Waals surface area contributed by atoms with Crippen LogP contribution in [0.15, 0.2) is 16.9 Å². The maximum Gasteiger partial charge on any atom is 0.258 e. The summed E-state index contributed by atoms with van der Waals surface area (Å²) in [5.74, 6) is 0.300. The molecule has 2 N–H and O–H groups in total.